The molecule has 2 atom stereocenters. The predicted octanol–water partition coefficient (Wildman–Crippen LogP) is 3.15. The number of benzene rings is 2. The van der Waals surface area contributed by atoms with Gasteiger partial charge in [0.15, 0.2) is 12.0 Å². The molecule has 0 spiro atoms. The lowest BCUT2D eigenvalue weighted by molar-refractivity contribution is -0.0268. The van der Waals surface area contributed by atoms with Gasteiger partial charge in [0.25, 0.3) is 0 Å². The van der Waals surface area contributed by atoms with Gasteiger partial charge in [-0.2, -0.15) is 0 Å². The first-order chi connectivity index (χ1) is 11.9. The van der Waals surface area contributed by atoms with E-state index in [0.29, 0.717) is 11.1 Å². The van der Waals surface area contributed by atoms with E-state index in [2.05, 4.69) is 0 Å². The van der Waals surface area contributed by atoms with Crippen molar-refractivity contribution in [2.24, 2.45) is 5.73 Å². The summed E-state index contributed by atoms with van der Waals surface area (Å²) in [4.78, 5) is 25.7. The number of hydrogen-bond acceptors (Lipinski definition) is 4. The van der Waals surface area contributed by atoms with Crippen molar-refractivity contribution < 1.29 is 23.1 Å². The number of hydrogen-bond donors (Lipinski definition) is 1. The van der Waals surface area contributed by atoms with Gasteiger partial charge in [-0.15, -0.1) is 0 Å². The molecule has 7 heteroatoms. The third-order valence-electron chi connectivity index (χ3n) is 4.19. The van der Waals surface area contributed by atoms with Gasteiger partial charge in [0.2, 0.25) is 0 Å². The average Bonchev–Trinajstić information content (AvgIpc) is 2.54. The van der Waals surface area contributed by atoms with E-state index in [1.165, 1.54) is 36.4 Å². The first-order valence-electron chi connectivity index (χ1n) is 7.66. The predicted molar refractivity (Wildman–Crippen MR) is 85.5 cm³/mol. The van der Waals surface area contributed by atoms with Gasteiger partial charge in [0.1, 0.15) is 17.7 Å². The summed E-state index contributed by atoms with van der Waals surface area (Å²) in [5.74, 6) is -1.43. The molecule has 0 radical (unpaired) electrons. The number of rotatable bonds is 3. The van der Waals surface area contributed by atoms with Gasteiger partial charge >= 0.3 is 6.09 Å². The molecule has 3 rings (SSSR count). The van der Waals surface area contributed by atoms with Gasteiger partial charge < -0.3 is 10.5 Å². The van der Waals surface area contributed by atoms with Crippen LogP contribution in [0.4, 0.5) is 13.6 Å². The van der Waals surface area contributed by atoms with Gasteiger partial charge in [-0.05, 0) is 42.3 Å². The number of nitrogens with zero attached hydrogens (tertiary/aromatic N) is 1. The fourth-order valence-electron chi connectivity index (χ4n) is 3.10. The van der Waals surface area contributed by atoms with Crippen LogP contribution in [0.3, 0.4) is 0 Å². The Morgan fingerprint density at radius 3 is 2.64 bits per heavy atom. The van der Waals surface area contributed by atoms with Crippen LogP contribution in [-0.2, 0) is 11.3 Å². The molecule has 0 saturated carbocycles. The lowest BCUT2D eigenvalue weighted by atomic mass is 9.88. The van der Waals surface area contributed by atoms with E-state index in [9.17, 15) is 18.4 Å². The molecule has 2 aromatic carbocycles. The standard InChI is InChI=1S/C18H16F2N2O3/c1-10(25-18(21)24)22-9-12-5-6-14(20)8-15(12)17(23)16(22)11-3-2-4-13(19)7-11/h2-8,10,16H,9H2,1H3,(H2,21,24). The Labute approximate surface area is 143 Å². The van der Waals surface area contributed by atoms with Crippen LogP contribution < -0.4 is 5.73 Å². The van der Waals surface area contributed by atoms with E-state index in [4.69, 9.17) is 10.5 Å². The van der Waals surface area contributed by atoms with Crippen molar-refractivity contribution in [1.29, 1.82) is 0 Å². The minimum atomic E-state index is -0.983. The van der Waals surface area contributed by atoms with E-state index in [1.807, 2.05) is 0 Å². The van der Waals surface area contributed by atoms with E-state index >= 15 is 0 Å². The molecule has 130 valence electrons. The van der Waals surface area contributed by atoms with Crippen molar-refractivity contribution in [2.45, 2.75) is 25.7 Å². The second-order valence-electron chi connectivity index (χ2n) is 5.83. The van der Waals surface area contributed by atoms with Crippen molar-refractivity contribution in [3.63, 3.8) is 0 Å². The fourth-order valence-corrected chi connectivity index (χ4v) is 3.10. The number of carbonyl (C=O) groups excluding carboxylic acids is 2. The van der Waals surface area contributed by atoms with Crippen molar-refractivity contribution >= 4 is 11.9 Å². The Hall–Kier alpha value is -2.80. The highest BCUT2D eigenvalue weighted by molar-refractivity contribution is 6.02. The van der Waals surface area contributed by atoms with Gasteiger partial charge in [-0.3, -0.25) is 4.79 Å². The molecule has 0 saturated heterocycles. The minimum Gasteiger partial charge on any atom is -0.431 e. The van der Waals surface area contributed by atoms with Crippen molar-refractivity contribution in [2.75, 3.05) is 0 Å². The molecule has 0 aliphatic carbocycles. The zero-order valence-corrected chi connectivity index (χ0v) is 13.4. The minimum absolute atomic E-state index is 0.219. The molecule has 1 aliphatic rings. The van der Waals surface area contributed by atoms with Crippen LogP contribution in [0.15, 0.2) is 42.5 Å². The topological polar surface area (TPSA) is 72.6 Å². The Bertz CT molecular complexity index is 841. The number of fused-ring (bicyclic) bond motifs is 1. The summed E-state index contributed by atoms with van der Waals surface area (Å²) in [7, 11) is 0. The molecule has 2 aromatic rings. The highest BCUT2D eigenvalue weighted by Gasteiger charge is 2.38. The molecule has 5 nitrogen and oxygen atoms in total. The largest absolute Gasteiger partial charge is 0.431 e. The SMILES string of the molecule is CC(OC(N)=O)N1Cc2ccc(F)cc2C(=O)C1c1cccc(F)c1. The number of Topliss-reactive ketones (excluding diaryl/α,β-unsaturated/α-hetero) is 1. The molecule has 0 aromatic heterocycles. The van der Waals surface area contributed by atoms with E-state index < -0.39 is 35.8 Å². The molecular formula is C18H16F2N2O3. The van der Waals surface area contributed by atoms with E-state index in [0.717, 1.165) is 0 Å². The molecule has 25 heavy (non-hydrogen) atoms. The number of amides is 1. The van der Waals surface area contributed by atoms with Crippen molar-refractivity contribution in [1.82, 2.24) is 4.90 Å². The summed E-state index contributed by atoms with van der Waals surface area (Å²) >= 11 is 0. The van der Waals surface area contributed by atoms with Gasteiger partial charge in [-0.25, -0.2) is 18.5 Å². The maximum absolute atomic E-state index is 13.7. The van der Waals surface area contributed by atoms with Crippen LogP contribution >= 0.6 is 0 Å². The van der Waals surface area contributed by atoms with Crippen molar-refractivity contribution in [3.8, 4) is 0 Å². The number of ether oxygens (including phenoxy) is 1. The van der Waals surface area contributed by atoms with Crippen LogP contribution in [0, 0.1) is 11.6 Å². The summed E-state index contributed by atoms with van der Waals surface area (Å²) in [6.07, 6.45) is -1.81. The fraction of sp³-hybridized carbons (Fsp3) is 0.222. The Morgan fingerprint density at radius 2 is 1.96 bits per heavy atom. The number of ketones is 1. The Kier molecular flexibility index (Phi) is 4.50. The molecule has 0 bridgehead atoms. The Balaban J connectivity index is 2.09. The first kappa shape index (κ1) is 17.0. The molecule has 1 heterocycles. The third-order valence-corrected chi connectivity index (χ3v) is 4.19. The molecule has 2 N–H and O–H groups in total. The zero-order valence-electron chi connectivity index (χ0n) is 13.4. The molecule has 1 amide bonds. The maximum atomic E-state index is 13.7. The van der Waals surface area contributed by atoms with Crippen LogP contribution in [0.1, 0.15) is 34.5 Å². The maximum Gasteiger partial charge on any atom is 0.406 e. The van der Waals surface area contributed by atoms with Gasteiger partial charge in [0, 0.05) is 12.1 Å². The van der Waals surface area contributed by atoms with E-state index in [-0.39, 0.29) is 12.1 Å². The van der Waals surface area contributed by atoms with Crippen LogP contribution in [0.25, 0.3) is 0 Å². The summed E-state index contributed by atoms with van der Waals surface area (Å²) in [6, 6.07) is 8.59. The second kappa shape index (κ2) is 6.60. The van der Waals surface area contributed by atoms with E-state index in [1.54, 1.807) is 17.9 Å². The number of primary amides is 1. The highest BCUT2D eigenvalue weighted by Crippen LogP contribution is 2.35. The van der Waals surface area contributed by atoms with Crippen molar-refractivity contribution in [3.05, 3.63) is 70.8 Å². The van der Waals surface area contributed by atoms with Crippen LogP contribution in [-0.4, -0.2) is 23.0 Å². The average molecular weight is 346 g/mol. The molecule has 2 unspecified atom stereocenters. The summed E-state index contributed by atoms with van der Waals surface area (Å²) < 4.78 is 32.2. The monoisotopic (exact) mass is 346 g/mol. The number of halogens is 2. The zero-order chi connectivity index (χ0) is 18.1. The van der Waals surface area contributed by atoms with Gasteiger partial charge in [0.05, 0.1) is 0 Å². The second-order valence-corrected chi connectivity index (χ2v) is 5.83. The highest BCUT2D eigenvalue weighted by atomic mass is 19.1. The lowest BCUT2D eigenvalue weighted by Crippen LogP contribution is -2.46. The normalized spacial score (nSPS) is 18.5. The number of nitrogens with two attached hydrogens (primary N) is 1. The smallest absolute Gasteiger partial charge is 0.406 e. The summed E-state index contributed by atoms with van der Waals surface area (Å²) in [6.45, 7) is 1.79. The lowest BCUT2D eigenvalue weighted by Gasteiger charge is -2.38. The molecule has 0 fully saturated rings. The molecular weight excluding hydrogens is 330 g/mol. The van der Waals surface area contributed by atoms with Crippen LogP contribution in [0.2, 0.25) is 0 Å². The quantitative estimate of drug-likeness (QED) is 0.927. The van der Waals surface area contributed by atoms with Crippen LogP contribution in [0.5, 0.6) is 0 Å². The first-order valence-corrected chi connectivity index (χ1v) is 7.66. The number of carbonyl (C=O) groups is 2. The summed E-state index contributed by atoms with van der Waals surface area (Å²) in [5.41, 5.74) is 6.29. The van der Waals surface area contributed by atoms with Gasteiger partial charge in [-0.1, -0.05) is 18.2 Å². The molecule has 1 aliphatic heterocycles. The third kappa shape index (κ3) is 3.36. The summed E-state index contributed by atoms with van der Waals surface area (Å²) in [5, 5.41) is 0. The Morgan fingerprint density at radius 1 is 1.24 bits per heavy atom.